The summed E-state index contributed by atoms with van der Waals surface area (Å²) >= 11 is 3.45. The maximum Gasteiger partial charge on any atom is 0.246 e. The number of halogens is 1. The highest BCUT2D eigenvalue weighted by atomic mass is 79.9. The van der Waals surface area contributed by atoms with Crippen molar-refractivity contribution in [3.63, 3.8) is 0 Å². The number of piperazine rings is 1. The van der Waals surface area contributed by atoms with Gasteiger partial charge in [-0.2, -0.15) is 4.31 Å². The van der Waals surface area contributed by atoms with Gasteiger partial charge in [0.05, 0.1) is 5.75 Å². The van der Waals surface area contributed by atoms with E-state index in [9.17, 15) is 13.2 Å². The Kier molecular flexibility index (Phi) is 6.46. The van der Waals surface area contributed by atoms with Gasteiger partial charge in [0, 0.05) is 36.7 Å². The molecular weight excluding hydrogens is 428 g/mol. The summed E-state index contributed by atoms with van der Waals surface area (Å²) in [4.78, 5) is 14.1. The lowest BCUT2D eigenvalue weighted by atomic mass is 10.2. The fraction of sp³-hybridized carbons (Fsp3) is 0.250. The normalized spacial score (nSPS) is 16.0. The molecule has 3 rings (SSSR count). The first kappa shape index (κ1) is 19.8. The van der Waals surface area contributed by atoms with Gasteiger partial charge in [0.2, 0.25) is 15.9 Å². The van der Waals surface area contributed by atoms with Crippen LogP contribution in [0.3, 0.4) is 0 Å². The molecule has 1 aliphatic rings. The lowest BCUT2D eigenvalue weighted by Gasteiger charge is -2.33. The van der Waals surface area contributed by atoms with Crippen LogP contribution in [-0.2, 0) is 20.6 Å². The Morgan fingerprint density at radius 2 is 1.59 bits per heavy atom. The zero-order valence-electron chi connectivity index (χ0n) is 14.8. The molecule has 27 heavy (non-hydrogen) atoms. The molecule has 0 unspecified atom stereocenters. The van der Waals surface area contributed by atoms with Crippen LogP contribution in [0.5, 0.6) is 0 Å². The number of benzene rings is 2. The molecule has 1 saturated heterocycles. The van der Waals surface area contributed by atoms with Crippen molar-refractivity contribution < 1.29 is 13.2 Å². The van der Waals surface area contributed by atoms with E-state index in [2.05, 4.69) is 15.9 Å². The van der Waals surface area contributed by atoms with E-state index in [-0.39, 0.29) is 11.7 Å². The Morgan fingerprint density at radius 1 is 0.963 bits per heavy atom. The number of carbonyl (C=O) groups is 1. The van der Waals surface area contributed by atoms with Crippen LogP contribution in [0.15, 0.2) is 65.1 Å². The smallest absolute Gasteiger partial charge is 0.246 e. The van der Waals surface area contributed by atoms with Crippen LogP contribution < -0.4 is 0 Å². The van der Waals surface area contributed by atoms with Gasteiger partial charge in [0.1, 0.15) is 0 Å². The highest BCUT2D eigenvalue weighted by Gasteiger charge is 2.28. The van der Waals surface area contributed by atoms with Gasteiger partial charge in [-0.15, -0.1) is 0 Å². The Morgan fingerprint density at radius 3 is 2.26 bits per heavy atom. The van der Waals surface area contributed by atoms with Crippen molar-refractivity contribution >= 4 is 37.9 Å². The van der Waals surface area contributed by atoms with Crippen molar-refractivity contribution in [3.05, 3.63) is 76.3 Å². The molecule has 2 aromatic carbocycles. The zero-order chi connectivity index (χ0) is 19.3. The van der Waals surface area contributed by atoms with Crippen LogP contribution in [-0.4, -0.2) is 49.7 Å². The van der Waals surface area contributed by atoms with Crippen LogP contribution >= 0.6 is 15.9 Å². The monoisotopic (exact) mass is 448 g/mol. The summed E-state index contributed by atoms with van der Waals surface area (Å²) in [5.74, 6) is -0.116. The molecule has 1 aliphatic heterocycles. The first-order chi connectivity index (χ1) is 13.0. The summed E-state index contributed by atoms with van der Waals surface area (Å²) in [6.45, 7) is 1.44. The predicted molar refractivity (Wildman–Crippen MR) is 110 cm³/mol. The maximum absolute atomic E-state index is 12.6. The summed E-state index contributed by atoms with van der Waals surface area (Å²) in [5.41, 5.74) is 1.70. The van der Waals surface area contributed by atoms with Crippen molar-refractivity contribution in [2.75, 3.05) is 26.2 Å². The Balaban J connectivity index is 1.56. The van der Waals surface area contributed by atoms with E-state index in [1.165, 1.54) is 10.4 Å². The molecule has 0 saturated carbocycles. The fourth-order valence-corrected chi connectivity index (χ4v) is 4.87. The summed E-state index contributed by atoms with van der Waals surface area (Å²) < 4.78 is 27.6. The molecule has 0 radical (unpaired) electrons. The van der Waals surface area contributed by atoms with Gasteiger partial charge in [-0.1, -0.05) is 64.5 Å². The van der Waals surface area contributed by atoms with Crippen LogP contribution in [0.2, 0.25) is 0 Å². The third kappa shape index (κ3) is 5.28. The second-order valence-electron chi connectivity index (χ2n) is 6.32. The van der Waals surface area contributed by atoms with Crippen molar-refractivity contribution in [3.8, 4) is 0 Å². The molecule has 1 heterocycles. The van der Waals surface area contributed by atoms with E-state index in [1.54, 1.807) is 11.0 Å². The van der Waals surface area contributed by atoms with E-state index < -0.39 is 10.0 Å². The quantitative estimate of drug-likeness (QED) is 0.660. The summed E-state index contributed by atoms with van der Waals surface area (Å²) in [6, 6.07) is 16.8. The number of hydrogen-bond acceptors (Lipinski definition) is 3. The molecule has 7 heteroatoms. The van der Waals surface area contributed by atoms with E-state index >= 15 is 0 Å². The molecule has 0 aliphatic carbocycles. The molecule has 0 aromatic heterocycles. The van der Waals surface area contributed by atoms with Crippen LogP contribution in [0.1, 0.15) is 11.1 Å². The molecule has 0 atom stereocenters. The highest BCUT2D eigenvalue weighted by Crippen LogP contribution is 2.18. The standard InChI is InChI=1S/C20H21BrN2O3S/c21-19-9-5-4-8-18(19)10-11-20(24)22-12-14-23(15-13-22)27(25,26)16-17-6-2-1-3-7-17/h1-11H,12-16H2. The van der Waals surface area contributed by atoms with Crippen molar-refractivity contribution in [1.82, 2.24) is 9.21 Å². The number of hydrogen-bond donors (Lipinski definition) is 0. The Hall–Kier alpha value is -1.96. The molecule has 0 bridgehead atoms. The van der Waals surface area contributed by atoms with E-state index in [1.807, 2.05) is 54.6 Å². The minimum Gasteiger partial charge on any atom is -0.337 e. The molecule has 1 amide bonds. The minimum atomic E-state index is -3.38. The largest absolute Gasteiger partial charge is 0.337 e. The molecule has 2 aromatic rings. The number of rotatable bonds is 5. The molecule has 142 valence electrons. The van der Waals surface area contributed by atoms with Gasteiger partial charge in [-0.05, 0) is 23.3 Å². The second-order valence-corrected chi connectivity index (χ2v) is 9.14. The molecule has 5 nitrogen and oxygen atoms in total. The fourth-order valence-electron chi connectivity index (χ4n) is 2.94. The van der Waals surface area contributed by atoms with Gasteiger partial charge in [-0.25, -0.2) is 8.42 Å². The number of amides is 1. The van der Waals surface area contributed by atoms with Gasteiger partial charge in [-0.3, -0.25) is 4.79 Å². The lowest BCUT2D eigenvalue weighted by Crippen LogP contribution is -2.50. The average molecular weight is 449 g/mol. The first-order valence-corrected chi connectivity index (χ1v) is 11.1. The lowest BCUT2D eigenvalue weighted by molar-refractivity contribution is -0.127. The van der Waals surface area contributed by atoms with Gasteiger partial charge >= 0.3 is 0 Å². The van der Waals surface area contributed by atoms with Gasteiger partial charge < -0.3 is 4.90 Å². The molecule has 0 N–H and O–H groups in total. The Bertz CT molecular complexity index is 921. The topological polar surface area (TPSA) is 57.7 Å². The van der Waals surface area contributed by atoms with Gasteiger partial charge in [0.25, 0.3) is 0 Å². The minimum absolute atomic E-state index is 0.0102. The Labute approximate surface area is 168 Å². The maximum atomic E-state index is 12.6. The third-order valence-electron chi connectivity index (χ3n) is 4.45. The summed E-state index contributed by atoms with van der Waals surface area (Å²) in [6.07, 6.45) is 3.30. The third-order valence-corrected chi connectivity index (χ3v) is 7.02. The van der Waals surface area contributed by atoms with E-state index in [4.69, 9.17) is 0 Å². The van der Waals surface area contributed by atoms with Crippen molar-refractivity contribution in [2.24, 2.45) is 0 Å². The zero-order valence-corrected chi connectivity index (χ0v) is 17.2. The summed E-state index contributed by atoms with van der Waals surface area (Å²) in [5, 5.41) is 0. The molecule has 0 spiro atoms. The first-order valence-electron chi connectivity index (χ1n) is 8.69. The summed E-state index contributed by atoms with van der Waals surface area (Å²) in [7, 11) is -3.38. The predicted octanol–water partition coefficient (Wildman–Crippen LogP) is 3.14. The number of nitrogens with zero attached hydrogens (tertiary/aromatic N) is 2. The second kappa shape index (κ2) is 8.82. The van der Waals surface area contributed by atoms with Gasteiger partial charge in [0.15, 0.2) is 0 Å². The average Bonchev–Trinajstić information content (AvgIpc) is 2.68. The number of carbonyl (C=O) groups excluding carboxylic acids is 1. The van der Waals surface area contributed by atoms with Crippen LogP contribution in [0.4, 0.5) is 0 Å². The van der Waals surface area contributed by atoms with Crippen molar-refractivity contribution in [2.45, 2.75) is 5.75 Å². The van der Waals surface area contributed by atoms with E-state index in [0.717, 1.165) is 15.6 Å². The van der Waals surface area contributed by atoms with Crippen molar-refractivity contribution in [1.29, 1.82) is 0 Å². The van der Waals surface area contributed by atoms with Crippen LogP contribution in [0, 0.1) is 0 Å². The highest BCUT2D eigenvalue weighted by molar-refractivity contribution is 9.10. The van der Waals surface area contributed by atoms with Crippen LogP contribution in [0.25, 0.3) is 6.08 Å². The SMILES string of the molecule is O=C(C=Cc1ccccc1Br)N1CCN(S(=O)(=O)Cc2ccccc2)CC1. The van der Waals surface area contributed by atoms with E-state index in [0.29, 0.717) is 26.2 Å². The molecule has 1 fully saturated rings. The number of sulfonamides is 1. The molecular formula is C20H21BrN2O3S.